The zero-order valence-electron chi connectivity index (χ0n) is 22.6. The number of piperidine rings is 1. The molecule has 1 heterocycles. The third-order valence-electron chi connectivity index (χ3n) is 7.35. The smallest absolute Gasteiger partial charge is 0.0378 e. The van der Waals surface area contributed by atoms with Crippen molar-refractivity contribution < 1.29 is 0 Å². The van der Waals surface area contributed by atoms with Crippen molar-refractivity contribution >= 4 is 11.4 Å². The third-order valence-corrected chi connectivity index (χ3v) is 7.35. The fourth-order valence-electron chi connectivity index (χ4n) is 5.12. The lowest BCUT2D eigenvalue weighted by Gasteiger charge is -2.33. The van der Waals surface area contributed by atoms with Crippen LogP contribution < -0.4 is 10.2 Å². The van der Waals surface area contributed by atoms with Gasteiger partial charge in [-0.1, -0.05) is 66.2 Å². The van der Waals surface area contributed by atoms with Gasteiger partial charge in [0.2, 0.25) is 0 Å². The first-order chi connectivity index (χ1) is 17.5. The monoisotopic (exact) mass is 481 g/mol. The van der Waals surface area contributed by atoms with Crippen molar-refractivity contribution in [2.24, 2.45) is 0 Å². The molecule has 1 N–H and O–H groups in total. The first kappa shape index (κ1) is 26.0. The molecular weight excluding hydrogens is 438 g/mol. The molecule has 0 amide bonds. The van der Waals surface area contributed by atoms with E-state index < -0.39 is 0 Å². The number of nitrogens with zero attached hydrogens (tertiary/aromatic N) is 2. The van der Waals surface area contributed by atoms with Gasteiger partial charge in [-0.25, -0.2) is 0 Å². The van der Waals surface area contributed by atoms with Crippen LogP contribution in [-0.4, -0.2) is 38.6 Å². The Morgan fingerprint density at radius 1 is 0.861 bits per heavy atom. The summed E-state index contributed by atoms with van der Waals surface area (Å²) in [6.07, 6.45) is 6.89. The van der Waals surface area contributed by atoms with Gasteiger partial charge in [-0.15, -0.1) is 0 Å². The number of rotatable bonds is 10. The van der Waals surface area contributed by atoms with Crippen LogP contribution in [0.25, 0.3) is 0 Å². The molecule has 3 heteroatoms. The van der Waals surface area contributed by atoms with Gasteiger partial charge in [0.15, 0.2) is 0 Å². The Bertz CT molecular complexity index is 1100. The van der Waals surface area contributed by atoms with E-state index in [-0.39, 0.29) is 0 Å². The standard InChI is InChI=1S/C33H43N3/c1-26(2)18-21-34-33-17-14-28(11-10-27-8-6-5-7-9-27)24-32(33)30-19-22-36(23-20-30)25-29-12-15-31(16-13-29)35(3)4/h5-9,12-18,24,30,34H,10-11,19-23,25H2,1-4H3. The average molecular weight is 482 g/mol. The van der Waals surface area contributed by atoms with Gasteiger partial charge in [-0.3, -0.25) is 4.90 Å². The number of nitrogens with one attached hydrogen (secondary N) is 1. The summed E-state index contributed by atoms with van der Waals surface area (Å²) in [5, 5.41) is 3.71. The van der Waals surface area contributed by atoms with Crippen LogP contribution in [0.4, 0.5) is 11.4 Å². The second-order valence-corrected chi connectivity index (χ2v) is 10.7. The Balaban J connectivity index is 1.41. The third kappa shape index (κ3) is 7.48. The lowest BCUT2D eigenvalue weighted by atomic mass is 9.86. The minimum Gasteiger partial charge on any atom is -0.381 e. The van der Waals surface area contributed by atoms with E-state index in [0.717, 1.165) is 39.0 Å². The lowest BCUT2D eigenvalue weighted by molar-refractivity contribution is 0.205. The molecule has 0 atom stereocenters. The summed E-state index contributed by atoms with van der Waals surface area (Å²) in [5.41, 5.74) is 9.72. The van der Waals surface area contributed by atoms with Gasteiger partial charge in [0, 0.05) is 38.6 Å². The van der Waals surface area contributed by atoms with E-state index >= 15 is 0 Å². The second kappa shape index (κ2) is 12.8. The van der Waals surface area contributed by atoms with E-state index in [1.165, 1.54) is 52.0 Å². The number of likely N-dealkylation sites (tertiary alicyclic amines) is 1. The molecule has 190 valence electrons. The molecule has 0 aliphatic carbocycles. The molecule has 0 spiro atoms. The van der Waals surface area contributed by atoms with E-state index in [0.29, 0.717) is 5.92 Å². The fraction of sp³-hybridized carbons (Fsp3) is 0.394. The molecule has 1 fully saturated rings. The first-order valence-corrected chi connectivity index (χ1v) is 13.5. The van der Waals surface area contributed by atoms with Crippen LogP contribution in [0.15, 0.2) is 84.4 Å². The van der Waals surface area contributed by atoms with Crippen LogP contribution in [0.5, 0.6) is 0 Å². The molecule has 3 nitrogen and oxygen atoms in total. The molecule has 3 aromatic carbocycles. The number of hydrogen-bond acceptors (Lipinski definition) is 3. The maximum atomic E-state index is 3.71. The van der Waals surface area contributed by atoms with Crippen molar-refractivity contribution in [2.75, 3.05) is 43.9 Å². The highest BCUT2D eigenvalue weighted by molar-refractivity contribution is 5.55. The molecule has 3 aromatic rings. The van der Waals surface area contributed by atoms with Crippen LogP contribution in [0.2, 0.25) is 0 Å². The highest BCUT2D eigenvalue weighted by Gasteiger charge is 2.23. The zero-order chi connectivity index (χ0) is 25.3. The number of benzene rings is 3. The highest BCUT2D eigenvalue weighted by atomic mass is 15.1. The van der Waals surface area contributed by atoms with Gasteiger partial charge in [0.25, 0.3) is 0 Å². The topological polar surface area (TPSA) is 18.5 Å². The maximum absolute atomic E-state index is 3.71. The molecule has 0 radical (unpaired) electrons. The number of anilines is 2. The Hall–Kier alpha value is -3.04. The zero-order valence-corrected chi connectivity index (χ0v) is 22.6. The molecule has 0 aromatic heterocycles. The van der Waals surface area contributed by atoms with Gasteiger partial charge >= 0.3 is 0 Å². The van der Waals surface area contributed by atoms with Crippen molar-refractivity contribution in [3.05, 3.63) is 107 Å². The average Bonchev–Trinajstić information content (AvgIpc) is 2.89. The normalized spacial score (nSPS) is 14.4. The molecular formula is C33H43N3. The molecule has 0 unspecified atom stereocenters. The molecule has 36 heavy (non-hydrogen) atoms. The Kier molecular flexibility index (Phi) is 9.24. The largest absolute Gasteiger partial charge is 0.381 e. The quantitative estimate of drug-likeness (QED) is 0.307. The van der Waals surface area contributed by atoms with Gasteiger partial charge in [0.05, 0.1) is 0 Å². The van der Waals surface area contributed by atoms with Crippen LogP contribution >= 0.6 is 0 Å². The van der Waals surface area contributed by atoms with Crippen LogP contribution in [0.3, 0.4) is 0 Å². The van der Waals surface area contributed by atoms with Crippen molar-refractivity contribution in [3.8, 4) is 0 Å². The summed E-state index contributed by atoms with van der Waals surface area (Å²) in [7, 11) is 4.19. The van der Waals surface area contributed by atoms with Gasteiger partial charge in [-0.2, -0.15) is 0 Å². The van der Waals surface area contributed by atoms with Crippen molar-refractivity contribution in [3.63, 3.8) is 0 Å². The maximum Gasteiger partial charge on any atom is 0.0378 e. The predicted octanol–water partition coefficient (Wildman–Crippen LogP) is 7.30. The van der Waals surface area contributed by atoms with Crippen LogP contribution in [0.1, 0.15) is 54.9 Å². The minimum atomic E-state index is 0.614. The van der Waals surface area contributed by atoms with Gasteiger partial charge in [0.1, 0.15) is 0 Å². The summed E-state index contributed by atoms with van der Waals surface area (Å²) in [6, 6.07) is 27.0. The van der Waals surface area contributed by atoms with E-state index in [1.807, 2.05) is 0 Å². The Morgan fingerprint density at radius 3 is 2.19 bits per heavy atom. The summed E-state index contributed by atoms with van der Waals surface area (Å²) in [6.45, 7) is 8.57. The molecule has 0 saturated carbocycles. The van der Waals surface area contributed by atoms with Gasteiger partial charge in [-0.05, 0) is 99.0 Å². The highest BCUT2D eigenvalue weighted by Crippen LogP contribution is 2.34. The summed E-state index contributed by atoms with van der Waals surface area (Å²) < 4.78 is 0. The summed E-state index contributed by atoms with van der Waals surface area (Å²) in [4.78, 5) is 4.78. The number of allylic oxidation sites excluding steroid dienone is 1. The van der Waals surface area contributed by atoms with Crippen LogP contribution in [-0.2, 0) is 19.4 Å². The number of aryl methyl sites for hydroxylation is 2. The van der Waals surface area contributed by atoms with Crippen molar-refractivity contribution in [2.45, 2.75) is 52.0 Å². The Morgan fingerprint density at radius 2 is 1.53 bits per heavy atom. The van der Waals surface area contributed by atoms with Crippen LogP contribution in [0, 0.1) is 0 Å². The van der Waals surface area contributed by atoms with E-state index in [4.69, 9.17) is 0 Å². The van der Waals surface area contributed by atoms with E-state index in [9.17, 15) is 0 Å². The second-order valence-electron chi connectivity index (χ2n) is 10.7. The minimum absolute atomic E-state index is 0.614. The van der Waals surface area contributed by atoms with Crippen molar-refractivity contribution in [1.29, 1.82) is 0 Å². The Labute approximate surface area is 218 Å². The fourth-order valence-corrected chi connectivity index (χ4v) is 5.12. The number of hydrogen-bond donors (Lipinski definition) is 1. The lowest BCUT2D eigenvalue weighted by Crippen LogP contribution is -2.32. The predicted molar refractivity (Wildman–Crippen MR) is 156 cm³/mol. The molecule has 1 saturated heterocycles. The molecule has 1 aliphatic rings. The summed E-state index contributed by atoms with van der Waals surface area (Å²) >= 11 is 0. The summed E-state index contributed by atoms with van der Waals surface area (Å²) in [5.74, 6) is 0.614. The molecule has 1 aliphatic heterocycles. The van der Waals surface area contributed by atoms with E-state index in [1.54, 1.807) is 0 Å². The first-order valence-electron chi connectivity index (χ1n) is 13.5. The SMILES string of the molecule is CC(C)=CCNc1ccc(CCc2ccccc2)cc1C1CCN(Cc2ccc(N(C)C)cc2)CC1. The molecule has 4 rings (SSSR count). The van der Waals surface area contributed by atoms with E-state index in [2.05, 4.69) is 122 Å². The van der Waals surface area contributed by atoms with Gasteiger partial charge < -0.3 is 10.2 Å². The van der Waals surface area contributed by atoms with Crippen molar-refractivity contribution in [1.82, 2.24) is 4.90 Å². The molecule has 0 bridgehead atoms.